The highest BCUT2D eigenvalue weighted by molar-refractivity contribution is 6.03. The molecule has 0 spiro atoms. The Morgan fingerprint density at radius 2 is 1.91 bits per heavy atom. The quantitative estimate of drug-likeness (QED) is 0.677. The van der Waals surface area contributed by atoms with Crippen molar-refractivity contribution in [3.05, 3.63) is 64.7 Å². The predicted octanol–water partition coefficient (Wildman–Crippen LogP) is 3.84. The Morgan fingerprint density at radius 1 is 1.17 bits per heavy atom. The van der Waals surface area contributed by atoms with Crippen molar-refractivity contribution in [1.29, 1.82) is 0 Å². The highest BCUT2D eigenvalue weighted by atomic mass is 16.7. The Morgan fingerprint density at radius 3 is 2.65 bits per heavy atom. The number of phenols is 1. The molecule has 2 aromatic carbocycles. The van der Waals surface area contributed by atoms with Crippen molar-refractivity contribution in [2.24, 2.45) is 11.1 Å². The number of hydrogen-bond acceptors (Lipinski definition) is 4. The summed E-state index contributed by atoms with van der Waals surface area (Å²) in [5.41, 5.74) is 4.29. The lowest BCUT2D eigenvalue weighted by Gasteiger charge is -2.22. The summed E-state index contributed by atoms with van der Waals surface area (Å²) in [7, 11) is 0. The van der Waals surface area contributed by atoms with Gasteiger partial charge in [-0.3, -0.25) is 0 Å². The fourth-order valence-corrected chi connectivity index (χ4v) is 2.84. The molecule has 0 bridgehead atoms. The summed E-state index contributed by atoms with van der Waals surface area (Å²) in [6.07, 6.45) is 1.63. The van der Waals surface area contributed by atoms with Gasteiger partial charge in [0.1, 0.15) is 5.75 Å². The van der Waals surface area contributed by atoms with E-state index in [9.17, 15) is 9.90 Å². The van der Waals surface area contributed by atoms with Crippen LogP contribution in [0.5, 0.6) is 5.75 Å². The van der Waals surface area contributed by atoms with Crippen molar-refractivity contribution >= 4 is 11.7 Å². The second kappa shape index (κ2) is 6.24. The summed E-state index contributed by atoms with van der Waals surface area (Å²) in [5.74, 6) is 0.172. The number of carbonyl (C=O) groups is 1. The van der Waals surface area contributed by atoms with Gasteiger partial charge in [-0.25, -0.2) is 4.79 Å². The molecule has 118 valence electrons. The van der Waals surface area contributed by atoms with Crippen LogP contribution < -0.4 is 0 Å². The third kappa shape index (κ3) is 3.42. The van der Waals surface area contributed by atoms with Gasteiger partial charge in [0.15, 0.2) is 0 Å². The zero-order valence-corrected chi connectivity index (χ0v) is 13.2. The van der Waals surface area contributed by atoms with Crippen LogP contribution in [0.3, 0.4) is 0 Å². The molecule has 0 heterocycles. The van der Waals surface area contributed by atoms with Crippen LogP contribution in [0, 0.1) is 12.8 Å². The zero-order valence-electron chi connectivity index (χ0n) is 13.2. The van der Waals surface area contributed by atoms with Crippen LogP contribution in [0.4, 0.5) is 0 Å². The van der Waals surface area contributed by atoms with E-state index < -0.39 is 5.97 Å². The summed E-state index contributed by atoms with van der Waals surface area (Å²) in [6.45, 7) is 4.08. The summed E-state index contributed by atoms with van der Waals surface area (Å²) in [4.78, 5) is 17.2. The van der Waals surface area contributed by atoms with Crippen LogP contribution in [0.15, 0.2) is 47.6 Å². The molecule has 1 aliphatic carbocycles. The minimum absolute atomic E-state index is 0.244. The summed E-state index contributed by atoms with van der Waals surface area (Å²) in [6, 6.07) is 12.4. The summed E-state index contributed by atoms with van der Waals surface area (Å²) < 4.78 is 0. The number of hydrogen-bond donors (Lipinski definition) is 1. The number of phenolic OH excluding ortho intramolecular Hbond substituents is 1. The molecule has 0 fully saturated rings. The SMILES string of the molecule is Cc1ccc(C(=O)O/N=C2\C[C@@H](C)Cc3cc(O)ccc32)cc1. The molecule has 0 amide bonds. The van der Waals surface area contributed by atoms with Gasteiger partial charge in [-0.15, -0.1) is 0 Å². The maximum atomic E-state index is 12.1. The van der Waals surface area contributed by atoms with Crippen LogP contribution in [-0.4, -0.2) is 16.8 Å². The van der Waals surface area contributed by atoms with E-state index in [0.29, 0.717) is 11.5 Å². The maximum Gasteiger partial charge on any atom is 0.365 e. The van der Waals surface area contributed by atoms with Gasteiger partial charge in [-0.2, -0.15) is 0 Å². The van der Waals surface area contributed by atoms with Crippen molar-refractivity contribution in [3.63, 3.8) is 0 Å². The van der Waals surface area contributed by atoms with Gasteiger partial charge in [0.2, 0.25) is 0 Å². The van der Waals surface area contributed by atoms with E-state index >= 15 is 0 Å². The molecule has 4 heteroatoms. The molecule has 0 saturated carbocycles. The van der Waals surface area contributed by atoms with E-state index in [-0.39, 0.29) is 5.75 Å². The van der Waals surface area contributed by atoms with E-state index in [1.165, 1.54) is 0 Å². The third-order valence-corrected chi connectivity index (χ3v) is 4.04. The van der Waals surface area contributed by atoms with Crippen molar-refractivity contribution < 1.29 is 14.7 Å². The molecular formula is C19H19NO3. The Labute approximate surface area is 135 Å². The van der Waals surface area contributed by atoms with E-state index in [1.54, 1.807) is 24.3 Å². The lowest BCUT2D eigenvalue weighted by Crippen LogP contribution is -2.19. The fourth-order valence-electron chi connectivity index (χ4n) is 2.84. The highest BCUT2D eigenvalue weighted by Gasteiger charge is 2.22. The van der Waals surface area contributed by atoms with E-state index in [1.807, 2.05) is 25.1 Å². The molecule has 2 aromatic rings. The minimum atomic E-state index is -0.462. The second-order valence-electron chi connectivity index (χ2n) is 6.14. The van der Waals surface area contributed by atoms with Crippen molar-refractivity contribution in [1.82, 2.24) is 0 Å². The molecule has 4 nitrogen and oxygen atoms in total. The average Bonchev–Trinajstić information content (AvgIpc) is 2.52. The van der Waals surface area contributed by atoms with Crippen LogP contribution >= 0.6 is 0 Å². The highest BCUT2D eigenvalue weighted by Crippen LogP contribution is 2.28. The number of nitrogens with zero attached hydrogens (tertiary/aromatic N) is 1. The van der Waals surface area contributed by atoms with Crippen LogP contribution in [0.2, 0.25) is 0 Å². The number of benzene rings is 2. The smallest absolute Gasteiger partial charge is 0.365 e. The Bertz CT molecular complexity index is 763. The molecule has 0 unspecified atom stereocenters. The van der Waals surface area contributed by atoms with Gasteiger partial charge >= 0.3 is 5.97 Å². The molecule has 23 heavy (non-hydrogen) atoms. The summed E-state index contributed by atoms with van der Waals surface area (Å²) in [5, 5.41) is 13.7. The lowest BCUT2D eigenvalue weighted by molar-refractivity contribution is 0.0515. The first-order valence-electron chi connectivity index (χ1n) is 7.70. The minimum Gasteiger partial charge on any atom is -0.508 e. The number of rotatable bonds is 2. The van der Waals surface area contributed by atoms with E-state index in [0.717, 1.165) is 35.2 Å². The summed E-state index contributed by atoms with van der Waals surface area (Å²) >= 11 is 0. The number of aryl methyl sites for hydroxylation is 1. The molecular weight excluding hydrogens is 290 g/mol. The van der Waals surface area contributed by atoms with Crippen LogP contribution in [0.25, 0.3) is 0 Å². The van der Waals surface area contributed by atoms with Gasteiger partial charge in [-0.1, -0.05) is 29.8 Å². The first kappa shape index (κ1) is 15.3. The first-order valence-corrected chi connectivity index (χ1v) is 7.70. The van der Waals surface area contributed by atoms with Gasteiger partial charge in [0.05, 0.1) is 11.3 Å². The molecule has 1 N–H and O–H groups in total. The van der Waals surface area contributed by atoms with Crippen molar-refractivity contribution in [2.75, 3.05) is 0 Å². The largest absolute Gasteiger partial charge is 0.508 e. The van der Waals surface area contributed by atoms with Crippen molar-refractivity contribution in [2.45, 2.75) is 26.7 Å². The Balaban J connectivity index is 1.83. The topological polar surface area (TPSA) is 58.9 Å². The third-order valence-electron chi connectivity index (χ3n) is 4.04. The lowest BCUT2D eigenvalue weighted by atomic mass is 9.83. The van der Waals surface area contributed by atoms with Gasteiger partial charge < -0.3 is 9.94 Å². The van der Waals surface area contributed by atoms with Crippen LogP contribution in [0.1, 0.15) is 40.4 Å². The van der Waals surface area contributed by atoms with E-state index in [4.69, 9.17) is 4.84 Å². The molecule has 0 aromatic heterocycles. The maximum absolute atomic E-state index is 12.1. The number of carbonyl (C=O) groups excluding carboxylic acids is 1. The molecule has 0 radical (unpaired) electrons. The number of oxime groups is 1. The molecule has 3 rings (SSSR count). The van der Waals surface area contributed by atoms with Gasteiger partial charge in [-0.05, 0) is 61.6 Å². The Hall–Kier alpha value is -2.62. The zero-order chi connectivity index (χ0) is 16.4. The molecule has 1 atom stereocenters. The predicted molar refractivity (Wildman–Crippen MR) is 88.7 cm³/mol. The van der Waals surface area contributed by atoms with Gasteiger partial charge in [0.25, 0.3) is 0 Å². The second-order valence-corrected chi connectivity index (χ2v) is 6.14. The molecule has 0 aliphatic heterocycles. The standard InChI is InChI=1S/C19H19NO3/c1-12-3-5-14(6-4-12)19(22)23-20-18-10-13(2)9-15-11-16(21)7-8-17(15)18/h3-8,11,13,21H,9-10H2,1-2H3/b20-18+/t13-/m0/s1. The number of fused-ring (bicyclic) bond motifs is 1. The van der Waals surface area contributed by atoms with E-state index in [2.05, 4.69) is 12.1 Å². The average molecular weight is 309 g/mol. The first-order chi connectivity index (χ1) is 11.0. The normalized spacial score (nSPS) is 18.5. The number of aromatic hydroxyl groups is 1. The molecule has 0 saturated heterocycles. The van der Waals surface area contributed by atoms with Crippen molar-refractivity contribution in [3.8, 4) is 5.75 Å². The fraction of sp³-hybridized carbons (Fsp3) is 0.263. The van der Waals surface area contributed by atoms with Gasteiger partial charge in [0, 0.05) is 5.56 Å². The Kier molecular flexibility index (Phi) is 4.15. The van der Waals surface area contributed by atoms with Crippen LogP contribution in [-0.2, 0) is 11.3 Å². The monoisotopic (exact) mass is 309 g/mol. The molecule has 1 aliphatic rings.